The predicted octanol–water partition coefficient (Wildman–Crippen LogP) is 3.99. The summed E-state index contributed by atoms with van der Waals surface area (Å²) in [6, 6.07) is 9.75. The van der Waals surface area contributed by atoms with Gasteiger partial charge in [0.1, 0.15) is 5.75 Å². The number of aromatic nitrogens is 3. The van der Waals surface area contributed by atoms with E-state index in [9.17, 15) is 0 Å². The van der Waals surface area contributed by atoms with E-state index in [1.165, 1.54) is 0 Å². The van der Waals surface area contributed by atoms with Gasteiger partial charge in [0.05, 0.1) is 40.4 Å². The number of nitrogens with zero attached hydrogens (tertiary/aromatic N) is 4. The van der Waals surface area contributed by atoms with Gasteiger partial charge < -0.3 is 4.74 Å². The van der Waals surface area contributed by atoms with E-state index in [1.54, 1.807) is 13.3 Å². The van der Waals surface area contributed by atoms with E-state index in [-0.39, 0.29) is 0 Å². The molecule has 1 aliphatic rings. The molecule has 0 spiro atoms. The molecule has 0 aliphatic carbocycles. The van der Waals surface area contributed by atoms with Gasteiger partial charge in [0, 0.05) is 29.4 Å². The van der Waals surface area contributed by atoms with Crippen LogP contribution in [0.3, 0.4) is 0 Å². The van der Waals surface area contributed by atoms with Crippen molar-refractivity contribution in [2.24, 2.45) is 4.99 Å². The molecule has 4 aromatic rings. The maximum Gasteiger partial charge on any atom is 0.121 e. The molecule has 0 fully saturated rings. The lowest BCUT2D eigenvalue weighted by atomic mass is 9.99. The Morgan fingerprint density at radius 3 is 2.83 bits per heavy atom. The first-order valence-corrected chi connectivity index (χ1v) is 7.93. The van der Waals surface area contributed by atoms with Crippen molar-refractivity contribution >= 4 is 44.9 Å². The van der Waals surface area contributed by atoms with Gasteiger partial charge in [-0.05, 0) is 37.1 Å². The molecule has 24 heavy (non-hydrogen) atoms. The molecule has 116 valence electrons. The van der Waals surface area contributed by atoms with E-state index in [2.05, 4.69) is 9.98 Å². The van der Waals surface area contributed by atoms with Gasteiger partial charge in [-0.25, -0.2) is 9.97 Å². The summed E-state index contributed by atoms with van der Waals surface area (Å²) < 4.78 is 5.31. The summed E-state index contributed by atoms with van der Waals surface area (Å²) in [5.41, 5.74) is 6.48. The van der Waals surface area contributed by atoms with E-state index in [4.69, 9.17) is 14.7 Å². The molecule has 2 aromatic heterocycles. The molecule has 0 saturated heterocycles. The largest absolute Gasteiger partial charge is 0.497 e. The van der Waals surface area contributed by atoms with Crippen molar-refractivity contribution in [2.75, 3.05) is 7.11 Å². The van der Waals surface area contributed by atoms with Crippen LogP contribution >= 0.6 is 0 Å². The van der Waals surface area contributed by atoms with Crippen molar-refractivity contribution in [3.8, 4) is 5.75 Å². The van der Waals surface area contributed by atoms with E-state index in [0.717, 1.165) is 62.8 Å². The zero-order valence-electron chi connectivity index (χ0n) is 13.2. The van der Waals surface area contributed by atoms with Gasteiger partial charge >= 0.3 is 0 Å². The summed E-state index contributed by atoms with van der Waals surface area (Å²) in [5.74, 6) is 0.779. The molecule has 5 rings (SSSR count). The zero-order chi connectivity index (χ0) is 16.1. The van der Waals surface area contributed by atoms with Crippen LogP contribution in [-0.4, -0.2) is 28.3 Å². The number of hydrogen-bond donors (Lipinski definition) is 0. The van der Waals surface area contributed by atoms with Crippen molar-refractivity contribution in [2.45, 2.75) is 12.8 Å². The van der Waals surface area contributed by atoms with Gasteiger partial charge in [-0.15, -0.1) is 0 Å². The Morgan fingerprint density at radius 2 is 1.92 bits per heavy atom. The first-order valence-electron chi connectivity index (χ1n) is 7.93. The second kappa shape index (κ2) is 4.96. The minimum Gasteiger partial charge on any atom is -0.497 e. The SMILES string of the molecule is COc1ccc2nc3c4c(c5ncccc5c3nc2c1)N=CCC4. The van der Waals surface area contributed by atoms with Crippen LogP contribution in [0.2, 0.25) is 0 Å². The topological polar surface area (TPSA) is 60.3 Å². The van der Waals surface area contributed by atoms with Gasteiger partial charge in [-0.2, -0.15) is 0 Å². The number of ether oxygens (including phenoxy) is 1. The molecule has 0 bridgehead atoms. The van der Waals surface area contributed by atoms with Crippen LogP contribution in [-0.2, 0) is 6.42 Å². The first-order chi connectivity index (χ1) is 11.8. The second-order valence-electron chi connectivity index (χ2n) is 5.85. The highest BCUT2D eigenvalue weighted by Gasteiger charge is 2.19. The minimum absolute atomic E-state index is 0.779. The molecule has 2 aromatic carbocycles. The van der Waals surface area contributed by atoms with Gasteiger partial charge in [0.2, 0.25) is 0 Å². The molecule has 0 atom stereocenters. The fraction of sp³-hybridized carbons (Fsp3) is 0.158. The minimum atomic E-state index is 0.779. The van der Waals surface area contributed by atoms with Crippen LogP contribution in [0.1, 0.15) is 12.0 Å². The highest BCUT2D eigenvalue weighted by atomic mass is 16.5. The van der Waals surface area contributed by atoms with Gasteiger partial charge in [0.15, 0.2) is 0 Å². The molecule has 0 amide bonds. The van der Waals surface area contributed by atoms with Crippen LogP contribution in [0.4, 0.5) is 5.69 Å². The molecular formula is C19H14N4O. The Balaban J connectivity index is 2.00. The number of methoxy groups -OCH3 is 1. The standard InChI is InChI=1S/C19H14N4O/c1-24-11-6-7-14-15(10-11)23-19-13-5-3-9-21-17(13)16-12(18(19)22-14)4-2-8-20-16/h3,5-10H,2,4H2,1H3. The van der Waals surface area contributed by atoms with Gasteiger partial charge in [-0.1, -0.05) is 0 Å². The lowest BCUT2D eigenvalue weighted by molar-refractivity contribution is 0.415. The van der Waals surface area contributed by atoms with E-state index < -0.39 is 0 Å². The van der Waals surface area contributed by atoms with E-state index in [1.807, 2.05) is 36.5 Å². The Labute approximate surface area is 138 Å². The summed E-state index contributed by atoms with van der Waals surface area (Å²) >= 11 is 0. The first kappa shape index (κ1) is 13.4. The molecular weight excluding hydrogens is 300 g/mol. The van der Waals surface area contributed by atoms with Crippen LogP contribution in [0.25, 0.3) is 33.0 Å². The Kier molecular flexibility index (Phi) is 2.76. The van der Waals surface area contributed by atoms with Crippen LogP contribution in [0.15, 0.2) is 41.5 Å². The molecule has 0 unspecified atom stereocenters. The van der Waals surface area contributed by atoms with Crippen LogP contribution in [0.5, 0.6) is 5.75 Å². The van der Waals surface area contributed by atoms with Crippen LogP contribution < -0.4 is 4.74 Å². The number of hydrogen-bond acceptors (Lipinski definition) is 5. The normalized spacial score (nSPS) is 13.5. The summed E-state index contributed by atoms with van der Waals surface area (Å²) in [5, 5.41) is 0.988. The second-order valence-corrected chi connectivity index (χ2v) is 5.85. The van der Waals surface area contributed by atoms with Crippen molar-refractivity contribution in [3.63, 3.8) is 0 Å². The maximum atomic E-state index is 5.31. The van der Waals surface area contributed by atoms with Gasteiger partial charge in [-0.3, -0.25) is 9.98 Å². The average molecular weight is 314 g/mol. The lowest BCUT2D eigenvalue weighted by Gasteiger charge is -2.15. The molecule has 0 radical (unpaired) electrons. The molecule has 3 heterocycles. The number of pyridine rings is 1. The molecule has 1 aliphatic heterocycles. The van der Waals surface area contributed by atoms with Crippen molar-refractivity contribution in [1.82, 2.24) is 15.0 Å². The smallest absolute Gasteiger partial charge is 0.121 e. The zero-order valence-corrected chi connectivity index (χ0v) is 13.2. The van der Waals surface area contributed by atoms with Crippen molar-refractivity contribution < 1.29 is 4.74 Å². The highest BCUT2D eigenvalue weighted by molar-refractivity contribution is 6.12. The summed E-state index contributed by atoms with van der Waals surface area (Å²) in [7, 11) is 1.66. The Morgan fingerprint density at radius 1 is 1.00 bits per heavy atom. The monoisotopic (exact) mass is 314 g/mol. The fourth-order valence-electron chi connectivity index (χ4n) is 3.34. The summed E-state index contributed by atoms with van der Waals surface area (Å²) in [4.78, 5) is 18.9. The lowest BCUT2D eigenvalue weighted by Crippen LogP contribution is -2.01. The highest BCUT2D eigenvalue weighted by Crippen LogP contribution is 2.38. The number of rotatable bonds is 1. The summed E-state index contributed by atoms with van der Waals surface area (Å²) in [6.07, 6.45) is 5.60. The average Bonchev–Trinajstić information content (AvgIpc) is 2.66. The van der Waals surface area contributed by atoms with Crippen molar-refractivity contribution in [3.05, 3.63) is 42.1 Å². The summed E-state index contributed by atoms with van der Waals surface area (Å²) in [6.45, 7) is 0. The van der Waals surface area contributed by atoms with Gasteiger partial charge in [0.25, 0.3) is 0 Å². The third kappa shape index (κ3) is 1.81. The number of aliphatic imine (C=N–C) groups is 1. The number of aryl methyl sites for hydroxylation is 1. The Bertz CT molecular complexity index is 1150. The van der Waals surface area contributed by atoms with E-state index in [0.29, 0.717) is 0 Å². The third-order valence-electron chi connectivity index (χ3n) is 4.47. The fourth-order valence-corrected chi connectivity index (χ4v) is 3.34. The number of fused-ring (bicyclic) bond motifs is 7. The Hall–Kier alpha value is -3.08. The predicted molar refractivity (Wildman–Crippen MR) is 95.4 cm³/mol. The molecule has 5 nitrogen and oxygen atoms in total. The number of benzene rings is 2. The van der Waals surface area contributed by atoms with Crippen molar-refractivity contribution in [1.29, 1.82) is 0 Å². The molecule has 0 saturated carbocycles. The maximum absolute atomic E-state index is 5.31. The third-order valence-corrected chi connectivity index (χ3v) is 4.47. The quantitative estimate of drug-likeness (QED) is 0.394. The molecule has 5 heteroatoms. The van der Waals surface area contributed by atoms with Crippen LogP contribution in [0, 0.1) is 0 Å². The molecule has 0 N–H and O–H groups in total. The van der Waals surface area contributed by atoms with E-state index >= 15 is 0 Å².